The van der Waals surface area contributed by atoms with Crippen molar-refractivity contribution in [1.29, 1.82) is 0 Å². The first kappa shape index (κ1) is 12.4. The van der Waals surface area contributed by atoms with E-state index in [1.54, 1.807) is 12.1 Å². The second kappa shape index (κ2) is 4.49. The van der Waals surface area contributed by atoms with Crippen molar-refractivity contribution < 1.29 is 14.6 Å². The lowest BCUT2D eigenvalue weighted by molar-refractivity contribution is -0.422. The van der Waals surface area contributed by atoms with E-state index in [0.29, 0.717) is 10.6 Å². The van der Waals surface area contributed by atoms with Gasteiger partial charge in [-0.15, -0.1) is 0 Å². The van der Waals surface area contributed by atoms with Gasteiger partial charge < -0.3 is 4.74 Å². The van der Waals surface area contributed by atoms with Crippen molar-refractivity contribution in [1.82, 2.24) is 0 Å². The van der Waals surface area contributed by atoms with Crippen molar-refractivity contribution in [3.63, 3.8) is 0 Å². The Morgan fingerprint density at radius 2 is 1.55 bits per heavy atom. The Bertz CT molecular complexity index is 685. The molecule has 0 aromatic heterocycles. The Labute approximate surface area is 116 Å². The second-order valence-electron chi connectivity index (χ2n) is 3.95. The van der Waals surface area contributed by atoms with E-state index >= 15 is 0 Å². The standard InChI is InChI=1S/C12H6N2O5S/c15-13(16)7-5-10-12(6-8(7)14(17)18)20-11-4-2-1-3-9(11)19-10/h1-6H. The number of ether oxygens (including phenoxy) is 1. The van der Waals surface area contributed by atoms with Crippen molar-refractivity contribution in [2.24, 2.45) is 0 Å². The van der Waals surface area contributed by atoms with Crippen LogP contribution in [0.1, 0.15) is 0 Å². The Balaban J connectivity index is 2.15. The van der Waals surface area contributed by atoms with Crippen molar-refractivity contribution in [2.45, 2.75) is 9.79 Å². The molecule has 0 saturated heterocycles. The van der Waals surface area contributed by atoms with Crippen LogP contribution in [0.15, 0.2) is 46.2 Å². The SMILES string of the molecule is O=[N+]([O-])c1cc2c(cc1[N+](=O)[O-])Sc1ccccc1O2. The predicted octanol–water partition coefficient (Wildman–Crippen LogP) is 3.76. The van der Waals surface area contributed by atoms with Gasteiger partial charge in [-0.1, -0.05) is 23.9 Å². The summed E-state index contributed by atoms with van der Waals surface area (Å²) in [7, 11) is 0. The van der Waals surface area contributed by atoms with Crippen molar-refractivity contribution in [3.05, 3.63) is 56.6 Å². The van der Waals surface area contributed by atoms with E-state index in [1.165, 1.54) is 17.8 Å². The summed E-state index contributed by atoms with van der Waals surface area (Å²) in [5.41, 5.74) is -1.11. The van der Waals surface area contributed by atoms with E-state index in [9.17, 15) is 20.2 Å². The van der Waals surface area contributed by atoms with Gasteiger partial charge >= 0.3 is 11.4 Å². The molecule has 2 aromatic rings. The van der Waals surface area contributed by atoms with Gasteiger partial charge in [0.05, 0.1) is 25.7 Å². The van der Waals surface area contributed by atoms with Crippen LogP contribution in [0.2, 0.25) is 0 Å². The fourth-order valence-electron chi connectivity index (χ4n) is 1.85. The van der Waals surface area contributed by atoms with Gasteiger partial charge in [0.1, 0.15) is 11.5 Å². The summed E-state index contributed by atoms with van der Waals surface area (Å²) in [4.78, 5) is 21.6. The van der Waals surface area contributed by atoms with E-state index < -0.39 is 21.2 Å². The molecule has 0 spiro atoms. The molecule has 0 saturated carbocycles. The molecule has 100 valence electrons. The van der Waals surface area contributed by atoms with Crippen LogP contribution < -0.4 is 4.74 Å². The molecule has 8 heteroatoms. The third-order valence-corrected chi connectivity index (χ3v) is 3.82. The number of nitro benzene ring substituents is 2. The maximum atomic E-state index is 10.9. The van der Waals surface area contributed by atoms with Crippen molar-refractivity contribution in [2.75, 3.05) is 0 Å². The maximum absolute atomic E-state index is 10.9. The third-order valence-electron chi connectivity index (χ3n) is 2.72. The van der Waals surface area contributed by atoms with Gasteiger partial charge in [0, 0.05) is 6.07 Å². The number of hydrogen-bond donors (Lipinski definition) is 0. The van der Waals surface area contributed by atoms with Gasteiger partial charge in [-0.3, -0.25) is 20.2 Å². The van der Waals surface area contributed by atoms with Crippen LogP contribution in [-0.2, 0) is 0 Å². The highest BCUT2D eigenvalue weighted by Gasteiger charge is 2.30. The number of para-hydroxylation sites is 1. The van der Waals surface area contributed by atoms with E-state index in [4.69, 9.17) is 4.74 Å². The van der Waals surface area contributed by atoms with Gasteiger partial charge in [-0.05, 0) is 12.1 Å². The van der Waals surface area contributed by atoms with Crippen LogP contribution in [0.5, 0.6) is 11.5 Å². The molecule has 1 aliphatic rings. The lowest BCUT2D eigenvalue weighted by atomic mass is 10.2. The van der Waals surface area contributed by atoms with Gasteiger partial charge in [-0.2, -0.15) is 0 Å². The molecular formula is C12H6N2O5S. The zero-order valence-electron chi connectivity index (χ0n) is 9.81. The van der Waals surface area contributed by atoms with E-state index in [2.05, 4.69) is 0 Å². The normalized spacial score (nSPS) is 12.0. The predicted molar refractivity (Wildman–Crippen MR) is 70.4 cm³/mol. The van der Waals surface area contributed by atoms with Crippen LogP contribution in [0, 0.1) is 20.2 Å². The van der Waals surface area contributed by atoms with Crippen molar-refractivity contribution >= 4 is 23.1 Å². The number of hydrogen-bond acceptors (Lipinski definition) is 6. The number of fused-ring (bicyclic) bond motifs is 2. The summed E-state index contributed by atoms with van der Waals surface area (Å²) in [5.74, 6) is 0.833. The molecule has 7 nitrogen and oxygen atoms in total. The van der Waals surface area contributed by atoms with E-state index in [-0.39, 0.29) is 5.75 Å². The smallest absolute Gasteiger partial charge is 0.349 e. The molecule has 0 radical (unpaired) electrons. The Morgan fingerprint density at radius 3 is 2.25 bits per heavy atom. The highest BCUT2D eigenvalue weighted by atomic mass is 32.2. The van der Waals surface area contributed by atoms with Crippen LogP contribution in [0.4, 0.5) is 11.4 Å². The largest absolute Gasteiger partial charge is 0.455 e. The topological polar surface area (TPSA) is 95.5 Å². The Hall–Kier alpha value is -2.61. The summed E-state index contributed by atoms with van der Waals surface area (Å²) in [6, 6.07) is 9.42. The monoisotopic (exact) mass is 290 g/mol. The molecule has 0 atom stereocenters. The summed E-state index contributed by atoms with van der Waals surface area (Å²) in [6.07, 6.45) is 0. The maximum Gasteiger partial charge on any atom is 0.349 e. The average molecular weight is 290 g/mol. The molecule has 20 heavy (non-hydrogen) atoms. The molecule has 1 heterocycles. The lowest BCUT2D eigenvalue weighted by Crippen LogP contribution is -2.00. The molecule has 0 N–H and O–H groups in total. The summed E-state index contributed by atoms with van der Waals surface area (Å²) in [6.45, 7) is 0. The van der Waals surface area contributed by atoms with Gasteiger partial charge in [0.25, 0.3) is 0 Å². The molecule has 0 bridgehead atoms. The zero-order chi connectivity index (χ0) is 14.3. The third kappa shape index (κ3) is 1.95. The number of nitrogens with zero attached hydrogens (tertiary/aromatic N) is 2. The Kier molecular flexibility index (Phi) is 2.79. The second-order valence-corrected chi connectivity index (χ2v) is 5.04. The molecule has 0 aliphatic carbocycles. The van der Waals surface area contributed by atoms with Crippen LogP contribution in [0.25, 0.3) is 0 Å². The van der Waals surface area contributed by atoms with Crippen LogP contribution in [0.3, 0.4) is 0 Å². The van der Waals surface area contributed by atoms with Gasteiger partial charge in [0.2, 0.25) is 0 Å². The highest BCUT2D eigenvalue weighted by Crippen LogP contribution is 2.49. The summed E-state index contributed by atoms with van der Waals surface area (Å²) >= 11 is 1.28. The van der Waals surface area contributed by atoms with Crippen LogP contribution in [-0.4, -0.2) is 9.85 Å². The molecule has 2 aromatic carbocycles. The number of nitro groups is 2. The molecule has 0 fully saturated rings. The molecular weight excluding hydrogens is 284 g/mol. The molecule has 3 rings (SSSR count). The highest BCUT2D eigenvalue weighted by molar-refractivity contribution is 7.99. The first-order valence-corrected chi connectivity index (χ1v) is 6.29. The van der Waals surface area contributed by atoms with E-state index in [0.717, 1.165) is 11.0 Å². The first-order chi connectivity index (χ1) is 9.56. The van der Waals surface area contributed by atoms with Gasteiger partial charge in [0.15, 0.2) is 0 Å². The minimum Gasteiger partial charge on any atom is -0.455 e. The first-order valence-electron chi connectivity index (χ1n) is 5.48. The fraction of sp³-hybridized carbons (Fsp3) is 0. The van der Waals surface area contributed by atoms with Crippen molar-refractivity contribution in [3.8, 4) is 11.5 Å². The average Bonchev–Trinajstić information content (AvgIpc) is 2.43. The minimum atomic E-state index is -0.785. The zero-order valence-corrected chi connectivity index (χ0v) is 10.6. The summed E-state index contributed by atoms with van der Waals surface area (Å²) in [5, 5.41) is 21.8. The lowest BCUT2D eigenvalue weighted by Gasteiger charge is -2.18. The molecule has 0 unspecified atom stereocenters. The summed E-state index contributed by atoms with van der Waals surface area (Å²) < 4.78 is 5.56. The number of rotatable bonds is 2. The quantitative estimate of drug-likeness (QED) is 0.526. The molecule has 1 aliphatic heterocycles. The molecule has 0 amide bonds. The Morgan fingerprint density at radius 1 is 0.900 bits per heavy atom. The fourth-order valence-corrected chi connectivity index (χ4v) is 2.81. The number of benzene rings is 2. The van der Waals surface area contributed by atoms with E-state index in [1.807, 2.05) is 12.1 Å². The minimum absolute atomic E-state index is 0.256. The van der Waals surface area contributed by atoms with Gasteiger partial charge in [-0.25, -0.2) is 0 Å². The van der Waals surface area contributed by atoms with Crippen LogP contribution >= 0.6 is 11.8 Å².